The van der Waals surface area contributed by atoms with Crippen LogP contribution >= 0.6 is 27.7 Å². The fraction of sp³-hybridized carbons (Fsp3) is 0.300. The quantitative estimate of drug-likeness (QED) is 0.635. The van der Waals surface area contributed by atoms with Crippen LogP contribution in [0, 0.1) is 0 Å². The minimum atomic E-state index is -0.0439. The molecule has 1 atom stereocenters. The van der Waals surface area contributed by atoms with E-state index in [9.17, 15) is 4.79 Å². The fourth-order valence-corrected chi connectivity index (χ4v) is 4.30. The third kappa shape index (κ3) is 3.84. The second-order valence-corrected chi connectivity index (χ2v) is 8.26. The number of hydrogen-bond acceptors (Lipinski definition) is 4. The van der Waals surface area contributed by atoms with Gasteiger partial charge < -0.3 is 14.6 Å². The van der Waals surface area contributed by atoms with Gasteiger partial charge in [0.25, 0.3) is 0 Å². The van der Waals surface area contributed by atoms with Crippen molar-refractivity contribution in [2.75, 3.05) is 12.9 Å². The molecular weight excluding hydrogens is 426 g/mol. The minimum absolute atomic E-state index is 0.0154. The van der Waals surface area contributed by atoms with Gasteiger partial charge in [0, 0.05) is 16.5 Å². The molecule has 5 nitrogen and oxygen atoms in total. The summed E-state index contributed by atoms with van der Waals surface area (Å²) >= 11 is 5.21. The van der Waals surface area contributed by atoms with Crippen molar-refractivity contribution >= 4 is 44.6 Å². The second-order valence-electron chi connectivity index (χ2n) is 6.48. The molecule has 0 spiro atoms. The molecule has 1 aliphatic rings. The first-order valence-corrected chi connectivity index (χ1v) is 11.0. The number of hydrogen-bond donors (Lipinski definition) is 1. The summed E-state index contributed by atoms with van der Waals surface area (Å²) in [4.78, 5) is 17.5. The summed E-state index contributed by atoms with van der Waals surface area (Å²) in [5.41, 5.74) is 2.94. The van der Waals surface area contributed by atoms with Crippen LogP contribution in [0.1, 0.15) is 23.9 Å². The molecule has 0 bridgehead atoms. The minimum Gasteiger partial charge on any atom is -0.493 e. The molecule has 1 aliphatic heterocycles. The van der Waals surface area contributed by atoms with E-state index >= 15 is 0 Å². The smallest absolute Gasteiger partial charge is 0.240 e. The van der Waals surface area contributed by atoms with Gasteiger partial charge in [-0.15, -0.1) is 0 Å². The number of carbonyl (C=O) groups excluding carboxylic acids is 1. The van der Waals surface area contributed by atoms with Crippen molar-refractivity contribution in [3.63, 3.8) is 0 Å². The molecular formula is C20H20BrN3O2S. The monoisotopic (exact) mass is 445 g/mol. The Labute approximate surface area is 170 Å². The first kappa shape index (κ1) is 18.4. The van der Waals surface area contributed by atoms with Crippen molar-refractivity contribution in [1.29, 1.82) is 0 Å². The number of halogens is 1. The lowest BCUT2D eigenvalue weighted by atomic mass is 10.0. The molecule has 0 radical (unpaired) electrons. The molecule has 27 heavy (non-hydrogen) atoms. The van der Waals surface area contributed by atoms with E-state index in [1.54, 1.807) is 11.8 Å². The zero-order valence-corrected chi connectivity index (χ0v) is 17.3. The average Bonchev–Trinajstić information content (AvgIpc) is 3.00. The van der Waals surface area contributed by atoms with Crippen molar-refractivity contribution in [3.8, 4) is 5.75 Å². The maximum Gasteiger partial charge on any atom is 0.240 e. The second kappa shape index (κ2) is 7.94. The number of ether oxygens (including phenoxy) is 1. The van der Waals surface area contributed by atoms with Crippen LogP contribution in [0.2, 0.25) is 0 Å². The van der Waals surface area contributed by atoms with Gasteiger partial charge in [0.2, 0.25) is 5.91 Å². The number of thioether (sulfide) groups is 1. The predicted octanol–water partition coefficient (Wildman–Crippen LogP) is 4.30. The van der Waals surface area contributed by atoms with E-state index in [1.165, 1.54) is 0 Å². The highest BCUT2D eigenvalue weighted by Gasteiger charge is 2.24. The van der Waals surface area contributed by atoms with Gasteiger partial charge in [-0.25, -0.2) is 4.98 Å². The van der Waals surface area contributed by atoms with E-state index in [-0.39, 0.29) is 18.5 Å². The molecule has 1 unspecified atom stereocenters. The number of rotatable bonds is 5. The highest BCUT2D eigenvalue weighted by atomic mass is 79.9. The molecule has 1 aromatic heterocycles. The molecule has 0 fully saturated rings. The van der Waals surface area contributed by atoms with Gasteiger partial charge in [-0.1, -0.05) is 28.1 Å². The van der Waals surface area contributed by atoms with Crippen molar-refractivity contribution < 1.29 is 9.53 Å². The van der Waals surface area contributed by atoms with Gasteiger partial charge in [0.1, 0.15) is 18.1 Å². The van der Waals surface area contributed by atoms with E-state index in [0.717, 1.165) is 44.8 Å². The Hall–Kier alpha value is -1.99. The zero-order chi connectivity index (χ0) is 18.8. The number of nitrogens with zero attached hydrogens (tertiary/aromatic N) is 2. The Bertz CT molecular complexity index is 989. The number of aromatic nitrogens is 2. The van der Waals surface area contributed by atoms with E-state index < -0.39 is 0 Å². The zero-order valence-electron chi connectivity index (χ0n) is 14.9. The first-order valence-electron chi connectivity index (χ1n) is 8.80. The third-order valence-corrected chi connectivity index (χ3v) is 5.70. The number of para-hydroxylation sites is 2. The lowest BCUT2D eigenvalue weighted by molar-refractivity contribution is -0.122. The van der Waals surface area contributed by atoms with Crippen LogP contribution in [0.3, 0.4) is 0 Å². The van der Waals surface area contributed by atoms with Crippen LogP contribution in [-0.2, 0) is 17.1 Å². The Morgan fingerprint density at radius 2 is 2.22 bits per heavy atom. The molecule has 0 saturated carbocycles. The summed E-state index contributed by atoms with van der Waals surface area (Å²) in [6.07, 6.45) is 2.80. The van der Waals surface area contributed by atoms with E-state index in [2.05, 4.69) is 26.2 Å². The number of imidazole rings is 1. The Balaban J connectivity index is 1.57. The lowest BCUT2D eigenvalue weighted by Crippen LogP contribution is -2.34. The van der Waals surface area contributed by atoms with Crippen molar-refractivity contribution in [3.05, 3.63) is 58.3 Å². The van der Waals surface area contributed by atoms with Gasteiger partial charge in [-0.2, -0.15) is 11.8 Å². The molecule has 1 N–H and O–H groups in total. The number of amides is 1. The molecule has 4 rings (SSSR count). The number of fused-ring (bicyclic) bond motifs is 2. The average molecular weight is 446 g/mol. The van der Waals surface area contributed by atoms with Crippen molar-refractivity contribution in [1.82, 2.24) is 14.9 Å². The largest absolute Gasteiger partial charge is 0.493 e. The van der Waals surface area contributed by atoms with Crippen molar-refractivity contribution in [2.24, 2.45) is 0 Å². The third-order valence-electron chi connectivity index (χ3n) is 4.66. The van der Waals surface area contributed by atoms with E-state index in [0.29, 0.717) is 6.61 Å². The van der Waals surface area contributed by atoms with Crippen LogP contribution < -0.4 is 10.1 Å². The van der Waals surface area contributed by atoms with Gasteiger partial charge in [-0.3, -0.25) is 4.79 Å². The summed E-state index contributed by atoms with van der Waals surface area (Å²) in [6.45, 7) is 0.864. The number of carbonyl (C=O) groups is 1. The summed E-state index contributed by atoms with van der Waals surface area (Å²) in [7, 11) is 0. The molecule has 7 heteroatoms. The molecule has 1 amide bonds. The van der Waals surface area contributed by atoms with Gasteiger partial charge in [0.15, 0.2) is 0 Å². The van der Waals surface area contributed by atoms with Crippen LogP contribution in [0.25, 0.3) is 11.0 Å². The molecule has 0 aliphatic carbocycles. The Kier molecular flexibility index (Phi) is 5.41. The van der Waals surface area contributed by atoms with Crippen LogP contribution in [0.15, 0.2) is 46.9 Å². The maximum absolute atomic E-state index is 12.9. The standard InChI is InChI=1S/C20H20BrN3O2S/c1-27-12-19-22-16-4-2-3-5-17(16)24(19)11-20(25)23-15-8-9-26-18-7-6-13(21)10-14(15)18/h2-7,10,15H,8-9,11-12H2,1H3,(H,23,25). The van der Waals surface area contributed by atoms with Crippen LogP contribution in [0.4, 0.5) is 0 Å². The maximum atomic E-state index is 12.9. The highest BCUT2D eigenvalue weighted by Crippen LogP contribution is 2.34. The molecule has 3 aromatic rings. The van der Waals surface area contributed by atoms with Crippen LogP contribution in [-0.4, -0.2) is 28.3 Å². The lowest BCUT2D eigenvalue weighted by Gasteiger charge is -2.27. The van der Waals surface area contributed by atoms with Crippen LogP contribution in [0.5, 0.6) is 5.75 Å². The number of nitrogens with one attached hydrogen (secondary N) is 1. The van der Waals surface area contributed by atoms with Gasteiger partial charge >= 0.3 is 0 Å². The first-order chi connectivity index (χ1) is 13.2. The topological polar surface area (TPSA) is 56.2 Å². The Morgan fingerprint density at radius 3 is 3.07 bits per heavy atom. The van der Waals surface area contributed by atoms with E-state index in [4.69, 9.17) is 4.74 Å². The van der Waals surface area contributed by atoms with Gasteiger partial charge in [0.05, 0.1) is 29.4 Å². The Morgan fingerprint density at radius 1 is 1.37 bits per heavy atom. The summed E-state index contributed by atoms with van der Waals surface area (Å²) in [6, 6.07) is 13.8. The predicted molar refractivity (Wildman–Crippen MR) is 112 cm³/mol. The summed E-state index contributed by atoms with van der Waals surface area (Å²) < 4.78 is 8.71. The highest BCUT2D eigenvalue weighted by molar-refractivity contribution is 9.10. The summed E-state index contributed by atoms with van der Waals surface area (Å²) in [5.74, 6) is 2.52. The summed E-state index contributed by atoms with van der Waals surface area (Å²) in [5, 5.41) is 3.18. The van der Waals surface area contributed by atoms with E-state index in [1.807, 2.05) is 53.3 Å². The van der Waals surface area contributed by atoms with Crippen molar-refractivity contribution in [2.45, 2.75) is 24.8 Å². The molecule has 2 aromatic carbocycles. The fourth-order valence-electron chi connectivity index (χ4n) is 3.44. The molecule has 140 valence electrons. The van der Waals surface area contributed by atoms with Gasteiger partial charge in [-0.05, 0) is 36.6 Å². The molecule has 0 saturated heterocycles. The molecule has 2 heterocycles. The normalized spacial score (nSPS) is 16.0. The SMILES string of the molecule is CSCc1nc2ccccc2n1CC(=O)NC1CCOc2ccc(Br)cc21. The number of benzene rings is 2.